The molecule has 0 aromatic rings. The van der Waals surface area contributed by atoms with Gasteiger partial charge in [-0.3, -0.25) is 0 Å². The van der Waals surface area contributed by atoms with Crippen LogP contribution in [-0.4, -0.2) is 49.4 Å². The van der Waals surface area contributed by atoms with Crippen molar-refractivity contribution in [1.29, 1.82) is 0 Å². The van der Waals surface area contributed by atoms with Gasteiger partial charge in [-0.05, 0) is 0 Å². The molecule has 60 valence electrons. The predicted molar refractivity (Wildman–Crippen MR) is 44.7 cm³/mol. The Labute approximate surface area is 60.2 Å². The minimum atomic E-state index is 0. The van der Waals surface area contributed by atoms with Crippen molar-refractivity contribution in [2.75, 3.05) is 34.3 Å². The summed E-state index contributed by atoms with van der Waals surface area (Å²) in [6.45, 7) is 1.11. The Hall–Kier alpha value is 0.310. The van der Waals surface area contributed by atoms with Gasteiger partial charge < -0.3 is 15.1 Å². The summed E-state index contributed by atoms with van der Waals surface area (Å²) in [4.78, 5) is 0. The minimum Gasteiger partial charge on any atom is -0.412 e. The predicted octanol–water partition coefficient (Wildman–Crippen LogP) is -1.08. The van der Waals surface area contributed by atoms with Crippen LogP contribution >= 0.6 is 9.90 Å². The van der Waals surface area contributed by atoms with Gasteiger partial charge in [0.1, 0.15) is 6.54 Å². The van der Waals surface area contributed by atoms with Gasteiger partial charge in [-0.2, -0.15) is 9.90 Å². The topological polar surface area (TPSA) is 51.7 Å². The van der Waals surface area contributed by atoms with Crippen molar-refractivity contribution in [1.82, 2.24) is 0 Å². The second kappa shape index (κ2) is 6.43. The molecule has 3 N–H and O–H groups in total. The van der Waals surface area contributed by atoms with E-state index >= 15 is 0 Å². The SMILES string of the molecule is C[N+](C)(C)CCO.O.P. The normalized spacial score (nSPS) is 9.33. The molecule has 0 fully saturated rings. The molecule has 0 aromatic heterocycles. The Balaban J connectivity index is -0.000000180. The third-order valence-electron chi connectivity index (χ3n) is 0.771. The van der Waals surface area contributed by atoms with E-state index < -0.39 is 0 Å². The number of quaternary nitrogens is 1. The molecule has 0 radical (unpaired) electrons. The molecular formula is C5H19NO2P+. The molecule has 0 bridgehead atoms. The van der Waals surface area contributed by atoms with E-state index in [-0.39, 0.29) is 22.0 Å². The largest absolute Gasteiger partial charge is 0.412 e. The summed E-state index contributed by atoms with van der Waals surface area (Å²) in [5.41, 5.74) is 0. The van der Waals surface area contributed by atoms with Gasteiger partial charge in [-0.15, -0.1) is 0 Å². The van der Waals surface area contributed by atoms with Crippen LogP contribution in [0.4, 0.5) is 0 Å². The highest BCUT2D eigenvalue weighted by atomic mass is 31.0. The van der Waals surface area contributed by atoms with Crippen LogP contribution in [0.2, 0.25) is 0 Å². The number of hydrogen-bond donors (Lipinski definition) is 1. The second-order valence-corrected chi connectivity index (χ2v) is 2.74. The van der Waals surface area contributed by atoms with Crippen LogP contribution in [0, 0.1) is 0 Å². The maximum absolute atomic E-state index is 8.39. The van der Waals surface area contributed by atoms with Gasteiger partial charge in [0.15, 0.2) is 0 Å². The fourth-order valence-electron chi connectivity index (χ4n) is 0.300. The molecule has 3 nitrogen and oxygen atoms in total. The zero-order valence-electron chi connectivity index (χ0n) is 6.52. The molecule has 0 aliphatic carbocycles. The molecule has 0 aromatic carbocycles. The van der Waals surface area contributed by atoms with Gasteiger partial charge in [-0.1, -0.05) is 0 Å². The van der Waals surface area contributed by atoms with E-state index in [0.29, 0.717) is 0 Å². The fraction of sp³-hybridized carbons (Fsp3) is 1.00. The zero-order chi connectivity index (χ0) is 5.91. The summed E-state index contributed by atoms with van der Waals surface area (Å²) < 4.78 is 0.844. The molecule has 0 aliphatic heterocycles. The molecule has 0 heterocycles. The van der Waals surface area contributed by atoms with Crippen LogP contribution in [-0.2, 0) is 0 Å². The quantitative estimate of drug-likeness (QED) is 0.401. The van der Waals surface area contributed by atoms with Crippen molar-refractivity contribution in [3.63, 3.8) is 0 Å². The maximum atomic E-state index is 8.39. The number of aliphatic hydroxyl groups is 1. The Morgan fingerprint density at radius 2 is 1.56 bits per heavy atom. The van der Waals surface area contributed by atoms with Crippen LogP contribution in [0.1, 0.15) is 0 Å². The fourth-order valence-corrected chi connectivity index (χ4v) is 0.300. The molecule has 0 amide bonds. The molecule has 0 rings (SSSR count). The summed E-state index contributed by atoms with van der Waals surface area (Å²) in [5.74, 6) is 0. The zero-order valence-corrected chi connectivity index (χ0v) is 7.93. The van der Waals surface area contributed by atoms with E-state index in [1.54, 1.807) is 0 Å². The van der Waals surface area contributed by atoms with E-state index in [1.165, 1.54) is 0 Å². The van der Waals surface area contributed by atoms with Gasteiger partial charge in [0, 0.05) is 0 Å². The van der Waals surface area contributed by atoms with Crippen molar-refractivity contribution in [3.05, 3.63) is 0 Å². The molecule has 0 saturated heterocycles. The molecule has 9 heavy (non-hydrogen) atoms. The van der Waals surface area contributed by atoms with Crippen molar-refractivity contribution in [2.24, 2.45) is 0 Å². The van der Waals surface area contributed by atoms with Gasteiger partial charge in [0.05, 0.1) is 27.7 Å². The highest BCUT2D eigenvalue weighted by Crippen LogP contribution is 1.84. The highest BCUT2D eigenvalue weighted by molar-refractivity contribution is 6.92. The maximum Gasteiger partial charge on any atom is 0.101 e. The Morgan fingerprint density at radius 1 is 1.22 bits per heavy atom. The third-order valence-corrected chi connectivity index (χ3v) is 0.771. The lowest BCUT2D eigenvalue weighted by Gasteiger charge is -2.21. The number of rotatable bonds is 2. The molecule has 0 spiro atoms. The van der Waals surface area contributed by atoms with Crippen LogP contribution in [0.5, 0.6) is 0 Å². The van der Waals surface area contributed by atoms with E-state index in [2.05, 4.69) is 21.1 Å². The average molecular weight is 156 g/mol. The molecule has 0 saturated carbocycles. The monoisotopic (exact) mass is 156 g/mol. The molecule has 0 aliphatic rings. The second-order valence-electron chi connectivity index (χ2n) is 2.74. The van der Waals surface area contributed by atoms with Gasteiger partial charge >= 0.3 is 0 Å². The summed E-state index contributed by atoms with van der Waals surface area (Å²) in [6.07, 6.45) is 0. The summed E-state index contributed by atoms with van der Waals surface area (Å²) in [5, 5.41) is 8.39. The Bertz CT molecular complexity index is 53.4. The lowest BCUT2D eigenvalue weighted by atomic mass is 10.5. The van der Waals surface area contributed by atoms with Crippen molar-refractivity contribution in [2.45, 2.75) is 0 Å². The van der Waals surface area contributed by atoms with Gasteiger partial charge in [0.25, 0.3) is 0 Å². The number of likely N-dealkylation sites (N-methyl/N-ethyl adjacent to an activating group) is 1. The number of aliphatic hydroxyl groups excluding tert-OH is 1. The van der Waals surface area contributed by atoms with Crippen molar-refractivity contribution in [3.8, 4) is 0 Å². The lowest BCUT2D eigenvalue weighted by molar-refractivity contribution is -0.870. The van der Waals surface area contributed by atoms with E-state index in [1.807, 2.05) is 0 Å². The first-order chi connectivity index (χ1) is 3.06. The van der Waals surface area contributed by atoms with Crippen LogP contribution < -0.4 is 0 Å². The van der Waals surface area contributed by atoms with Crippen LogP contribution in [0.25, 0.3) is 0 Å². The summed E-state index contributed by atoms with van der Waals surface area (Å²) in [7, 11) is 6.16. The number of hydrogen-bond acceptors (Lipinski definition) is 1. The Kier molecular flexibility index (Phi) is 11.5. The van der Waals surface area contributed by atoms with Crippen LogP contribution in [0.15, 0.2) is 0 Å². The third kappa shape index (κ3) is 17.8. The number of nitrogens with zero attached hydrogens (tertiary/aromatic N) is 1. The van der Waals surface area contributed by atoms with Crippen molar-refractivity contribution < 1.29 is 15.1 Å². The first kappa shape index (κ1) is 16.1. The molecule has 1 unspecified atom stereocenters. The Morgan fingerprint density at radius 3 is 1.56 bits per heavy atom. The highest BCUT2D eigenvalue weighted by Gasteiger charge is 2.02. The first-order valence-electron chi connectivity index (χ1n) is 2.47. The van der Waals surface area contributed by atoms with Crippen LogP contribution in [0.3, 0.4) is 0 Å². The van der Waals surface area contributed by atoms with Gasteiger partial charge in [-0.25, -0.2) is 0 Å². The van der Waals surface area contributed by atoms with E-state index in [9.17, 15) is 0 Å². The van der Waals surface area contributed by atoms with E-state index in [4.69, 9.17) is 5.11 Å². The summed E-state index contributed by atoms with van der Waals surface area (Å²) >= 11 is 0. The first-order valence-corrected chi connectivity index (χ1v) is 2.47. The molecular weight excluding hydrogens is 137 g/mol. The summed E-state index contributed by atoms with van der Waals surface area (Å²) in [6, 6.07) is 0. The molecule has 4 heteroatoms. The van der Waals surface area contributed by atoms with Crippen molar-refractivity contribution >= 4 is 9.90 Å². The minimum absolute atomic E-state index is 0. The lowest BCUT2D eigenvalue weighted by Crippen LogP contribution is -2.36. The van der Waals surface area contributed by atoms with E-state index in [0.717, 1.165) is 11.0 Å². The standard InChI is InChI=1S/C5H14NO.H2O.H3P/c1-6(2,3)4-5-7;;/h7H,4-5H2,1-3H3;1H2;1H3/q+1;;. The smallest absolute Gasteiger partial charge is 0.101 e. The van der Waals surface area contributed by atoms with Gasteiger partial charge in [0.2, 0.25) is 0 Å². The molecule has 1 atom stereocenters. The average Bonchev–Trinajstić information content (AvgIpc) is 1.30.